The van der Waals surface area contributed by atoms with Gasteiger partial charge in [0.15, 0.2) is 17.2 Å². The molecule has 0 bridgehead atoms. The minimum absolute atomic E-state index is 0.0442. The molecule has 0 unspecified atom stereocenters. The summed E-state index contributed by atoms with van der Waals surface area (Å²) in [5.74, 6) is -0.0299. The molecule has 0 radical (unpaired) electrons. The Morgan fingerprint density at radius 2 is 2.00 bits per heavy atom. The predicted molar refractivity (Wildman–Crippen MR) is 79.9 cm³/mol. The molecule has 0 fully saturated rings. The second kappa shape index (κ2) is 6.39. The van der Waals surface area contributed by atoms with Gasteiger partial charge in [-0.15, -0.1) is 0 Å². The van der Waals surface area contributed by atoms with Gasteiger partial charge in [-0.25, -0.2) is 4.79 Å². The van der Waals surface area contributed by atoms with Gasteiger partial charge in [-0.05, 0) is 18.2 Å². The molecule has 1 amide bonds. The van der Waals surface area contributed by atoms with Crippen molar-refractivity contribution in [3.05, 3.63) is 36.2 Å². The standard InChI is InChI=1S/C15H15N3O5/c19-14(4-6-18-5-3-11(17-18)15(20)21)16-10-1-2-12-13(9-10)23-8-7-22-12/h1-3,5,9H,4,6-8H2,(H,16,19)(H,20,21). The number of anilines is 1. The monoisotopic (exact) mass is 317 g/mol. The van der Waals surface area contributed by atoms with E-state index in [2.05, 4.69) is 10.4 Å². The minimum atomic E-state index is -1.09. The number of aromatic nitrogens is 2. The number of nitrogens with zero attached hydrogens (tertiary/aromatic N) is 2. The zero-order valence-corrected chi connectivity index (χ0v) is 12.2. The maximum absolute atomic E-state index is 12.0. The first-order valence-electron chi connectivity index (χ1n) is 7.08. The summed E-state index contributed by atoms with van der Waals surface area (Å²) in [4.78, 5) is 22.7. The number of rotatable bonds is 5. The fourth-order valence-corrected chi connectivity index (χ4v) is 2.16. The van der Waals surface area contributed by atoms with Gasteiger partial charge in [0.05, 0.1) is 0 Å². The van der Waals surface area contributed by atoms with Crippen molar-refractivity contribution in [2.24, 2.45) is 0 Å². The van der Waals surface area contributed by atoms with Crippen molar-refractivity contribution in [2.45, 2.75) is 13.0 Å². The van der Waals surface area contributed by atoms with Gasteiger partial charge in [0.25, 0.3) is 0 Å². The predicted octanol–water partition coefficient (Wildman–Crippen LogP) is 1.38. The molecular weight excluding hydrogens is 302 g/mol. The van der Waals surface area contributed by atoms with E-state index in [0.29, 0.717) is 36.9 Å². The summed E-state index contributed by atoms with van der Waals surface area (Å²) in [7, 11) is 0. The number of carbonyl (C=O) groups excluding carboxylic acids is 1. The van der Waals surface area contributed by atoms with Gasteiger partial charge in [-0.1, -0.05) is 0 Å². The quantitative estimate of drug-likeness (QED) is 0.863. The number of fused-ring (bicyclic) bond motifs is 1. The Kier molecular flexibility index (Phi) is 4.13. The van der Waals surface area contributed by atoms with Crippen molar-refractivity contribution >= 4 is 17.6 Å². The summed E-state index contributed by atoms with van der Waals surface area (Å²) in [6, 6.07) is 6.59. The number of carboxylic acids is 1. The van der Waals surface area contributed by atoms with E-state index in [1.165, 1.54) is 16.9 Å². The van der Waals surface area contributed by atoms with Gasteiger partial charge >= 0.3 is 5.97 Å². The minimum Gasteiger partial charge on any atom is -0.486 e. The molecule has 2 heterocycles. The van der Waals surface area contributed by atoms with Crippen LogP contribution in [0.4, 0.5) is 5.69 Å². The average Bonchev–Trinajstić information content (AvgIpc) is 3.02. The van der Waals surface area contributed by atoms with E-state index in [1.54, 1.807) is 18.2 Å². The largest absolute Gasteiger partial charge is 0.486 e. The van der Waals surface area contributed by atoms with E-state index in [-0.39, 0.29) is 18.0 Å². The molecule has 120 valence electrons. The zero-order chi connectivity index (χ0) is 16.2. The number of nitrogens with one attached hydrogen (secondary N) is 1. The molecule has 23 heavy (non-hydrogen) atoms. The highest BCUT2D eigenvalue weighted by Gasteiger charge is 2.13. The number of hydrogen-bond donors (Lipinski definition) is 2. The highest BCUT2D eigenvalue weighted by atomic mass is 16.6. The summed E-state index contributed by atoms with van der Waals surface area (Å²) >= 11 is 0. The van der Waals surface area contributed by atoms with Crippen molar-refractivity contribution in [3.8, 4) is 11.5 Å². The Balaban J connectivity index is 1.55. The van der Waals surface area contributed by atoms with E-state index in [1.807, 2.05) is 0 Å². The van der Waals surface area contributed by atoms with Crippen LogP contribution in [0.3, 0.4) is 0 Å². The lowest BCUT2D eigenvalue weighted by Crippen LogP contribution is -2.17. The lowest BCUT2D eigenvalue weighted by molar-refractivity contribution is -0.116. The first-order valence-corrected chi connectivity index (χ1v) is 7.08. The number of amides is 1. The second-order valence-corrected chi connectivity index (χ2v) is 4.93. The third kappa shape index (κ3) is 3.60. The van der Waals surface area contributed by atoms with Gasteiger partial charge in [-0.3, -0.25) is 9.48 Å². The van der Waals surface area contributed by atoms with E-state index in [4.69, 9.17) is 14.6 Å². The van der Waals surface area contributed by atoms with Crippen LogP contribution >= 0.6 is 0 Å². The van der Waals surface area contributed by atoms with Crippen LogP contribution in [0.25, 0.3) is 0 Å². The van der Waals surface area contributed by atoms with Crippen LogP contribution in [0.1, 0.15) is 16.9 Å². The molecule has 8 nitrogen and oxygen atoms in total. The summed E-state index contributed by atoms with van der Waals surface area (Å²) in [5, 5.41) is 15.4. The Morgan fingerprint density at radius 3 is 2.74 bits per heavy atom. The highest BCUT2D eigenvalue weighted by Crippen LogP contribution is 2.32. The molecule has 0 atom stereocenters. The van der Waals surface area contributed by atoms with Gasteiger partial charge in [-0.2, -0.15) is 5.10 Å². The van der Waals surface area contributed by atoms with Crippen molar-refractivity contribution in [3.63, 3.8) is 0 Å². The summed E-state index contributed by atoms with van der Waals surface area (Å²) in [6.07, 6.45) is 1.70. The van der Waals surface area contributed by atoms with Crippen LogP contribution in [0.5, 0.6) is 11.5 Å². The summed E-state index contributed by atoms with van der Waals surface area (Å²) in [6.45, 7) is 1.29. The lowest BCUT2D eigenvalue weighted by Gasteiger charge is -2.19. The molecular formula is C15H15N3O5. The van der Waals surface area contributed by atoms with Crippen molar-refractivity contribution in [2.75, 3.05) is 18.5 Å². The molecule has 2 aromatic rings. The maximum Gasteiger partial charge on any atom is 0.356 e. The summed E-state index contributed by atoms with van der Waals surface area (Å²) in [5.41, 5.74) is 0.572. The number of ether oxygens (including phenoxy) is 2. The number of hydrogen-bond acceptors (Lipinski definition) is 5. The van der Waals surface area contributed by atoms with Crippen LogP contribution < -0.4 is 14.8 Å². The third-order valence-corrected chi connectivity index (χ3v) is 3.25. The summed E-state index contributed by atoms with van der Waals surface area (Å²) < 4.78 is 12.3. The zero-order valence-electron chi connectivity index (χ0n) is 12.2. The Bertz CT molecular complexity index is 740. The van der Waals surface area contributed by atoms with E-state index < -0.39 is 5.97 Å². The number of benzene rings is 1. The van der Waals surface area contributed by atoms with E-state index in [9.17, 15) is 9.59 Å². The van der Waals surface area contributed by atoms with Gasteiger partial charge in [0.1, 0.15) is 13.2 Å². The fourth-order valence-electron chi connectivity index (χ4n) is 2.16. The van der Waals surface area contributed by atoms with Crippen LogP contribution in [0, 0.1) is 0 Å². The molecule has 8 heteroatoms. The van der Waals surface area contributed by atoms with Gasteiger partial charge in [0.2, 0.25) is 5.91 Å². The number of carbonyl (C=O) groups is 2. The maximum atomic E-state index is 12.0. The van der Waals surface area contributed by atoms with Crippen molar-refractivity contribution < 1.29 is 24.2 Å². The van der Waals surface area contributed by atoms with Gasteiger partial charge in [0, 0.05) is 30.9 Å². The highest BCUT2D eigenvalue weighted by molar-refractivity contribution is 5.91. The Morgan fingerprint density at radius 1 is 1.22 bits per heavy atom. The topological polar surface area (TPSA) is 103 Å². The van der Waals surface area contributed by atoms with Crippen molar-refractivity contribution in [1.29, 1.82) is 0 Å². The number of aryl methyl sites for hydroxylation is 1. The first-order chi connectivity index (χ1) is 11.1. The average molecular weight is 317 g/mol. The van der Waals surface area contributed by atoms with Crippen molar-refractivity contribution in [1.82, 2.24) is 9.78 Å². The molecule has 1 aliphatic heterocycles. The molecule has 0 saturated heterocycles. The molecule has 0 aliphatic carbocycles. The van der Waals surface area contributed by atoms with Crippen LogP contribution in [0.15, 0.2) is 30.5 Å². The van der Waals surface area contributed by atoms with E-state index in [0.717, 1.165) is 0 Å². The Hall–Kier alpha value is -3.03. The molecule has 1 aromatic carbocycles. The Labute approximate surface area is 131 Å². The smallest absolute Gasteiger partial charge is 0.356 e. The first kappa shape index (κ1) is 14.9. The third-order valence-electron chi connectivity index (χ3n) is 3.25. The lowest BCUT2D eigenvalue weighted by atomic mass is 10.2. The fraction of sp³-hybridized carbons (Fsp3) is 0.267. The SMILES string of the molecule is O=C(CCn1ccc(C(=O)O)n1)Nc1ccc2c(c1)OCCO2. The molecule has 1 aliphatic rings. The van der Waals surface area contributed by atoms with Gasteiger partial charge < -0.3 is 19.9 Å². The molecule has 0 spiro atoms. The molecule has 1 aromatic heterocycles. The molecule has 2 N–H and O–H groups in total. The van der Waals surface area contributed by atoms with Crippen LogP contribution in [0.2, 0.25) is 0 Å². The van der Waals surface area contributed by atoms with Crippen LogP contribution in [-0.4, -0.2) is 40.0 Å². The van der Waals surface area contributed by atoms with E-state index >= 15 is 0 Å². The number of carboxylic acid groups (broad SMARTS) is 1. The molecule has 3 rings (SSSR count). The normalized spacial score (nSPS) is 12.7. The number of aromatic carboxylic acids is 1. The van der Waals surface area contributed by atoms with Crippen LogP contribution in [-0.2, 0) is 11.3 Å². The second-order valence-electron chi connectivity index (χ2n) is 4.93. The molecule has 0 saturated carbocycles.